The first kappa shape index (κ1) is 16.3. The summed E-state index contributed by atoms with van der Waals surface area (Å²) in [6.45, 7) is 2.81. The number of hydrogen-bond acceptors (Lipinski definition) is 4. The molecule has 0 spiro atoms. The zero-order valence-corrected chi connectivity index (χ0v) is 11.4. The lowest BCUT2D eigenvalue weighted by molar-refractivity contribution is -0.137. The summed E-state index contributed by atoms with van der Waals surface area (Å²) in [5.74, 6) is 0.564. The first-order valence-corrected chi connectivity index (χ1v) is 6.96. The third-order valence-electron chi connectivity index (χ3n) is 2.40. The Labute approximate surface area is 114 Å². The summed E-state index contributed by atoms with van der Waals surface area (Å²) in [6.07, 6.45) is -2.57. The Morgan fingerprint density at radius 3 is 2.63 bits per heavy atom. The van der Waals surface area contributed by atoms with Crippen LogP contribution in [-0.2, 0) is 6.18 Å². The second kappa shape index (κ2) is 7.72. The molecule has 2 N–H and O–H groups in total. The van der Waals surface area contributed by atoms with E-state index in [1.165, 1.54) is 17.8 Å². The highest BCUT2D eigenvalue weighted by Crippen LogP contribution is 2.29. The maximum absolute atomic E-state index is 12.3. The standard InChI is InChI=1S/C12H17F3N2OS/c1-2-5-16-10(7-18)8-19-11-4-3-9(6-17-11)12(13,14)15/h3-4,6,10,16,18H,2,5,7-8H2,1H3. The molecule has 0 aliphatic rings. The van der Waals surface area contributed by atoms with Gasteiger partial charge in [-0.1, -0.05) is 6.92 Å². The van der Waals surface area contributed by atoms with Crippen LogP contribution in [0.5, 0.6) is 0 Å². The predicted octanol–water partition coefficient (Wildman–Crippen LogP) is 2.55. The molecule has 3 nitrogen and oxygen atoms in total. The minimum atomic E-state index is -4.35. The third-order valence-corrected chi connectivity index (χ3v) is 3.51. The molecular formula is C12H17F3N2OS. The van der Waals surface area contributed by atoms with E-state index in [1.807, 2.05) is 6.92 Å². The molecule has 0 aromatic carbocycles. The molecule has 0 saturated carbocycles. The van der Waals surface area contributed by atoms with Gasteiger partial charge in [-0.3, -0.25) is 0 Å². The molecule has 1 atom stereocenters. The van der Waals surface area contributed by atoms with Gasteiger partial charge >= 0.3 is 6.18 Å². The van der Waals surface area contributed by atoms with E-state index in [2.05, 4.69) is 10.3 Å². The van der Waals surface area contributed by atoms with Gasteiger partial charge < -0.3 is 10.4 Å². The van der Waals surface area contributed by atoms with Crippen molar-refractivity contribution >= 4 is 11.8 Å². The van der Waals surface area contributed by atoms with Crippen molar-refractivity contribution in [2.24, 2.45) is 0 Å². The van der Waals surface area contributed by atoms with Crippen LogP contribution in [-0.4, -0.2) is 35.0 Å². The molecule has 19 heavy (non-hydrogen) atoms. The molecule has 0 bridgehead atoms. The molecule has 0 saturated heterocycles. The number of alkyl halides is 3. The van der Waals surface area contributed by atoms with Crippen LogP contribution in [0.4, 0.5) is 13.2 Å². The fourth-order valence-corrected chi connectivity index (χ4v) is 2.23. The van der Waals surface area contributed by atoms with Crippen LogP contribution in [0.2, 0.25) is 0 Å². The van der Waals surface area contributed by atoms with Crippen molar-refractivity contribution in [3.63, 3.8) is 0 Å². The lowest BCUT2D eigenvalue weighted by Gasteiger charge is -2.15. The quantitative estimate of drug-likeness (QED) is 0.759. The van der Waals surface area contributed by atoms with Gasteiger partial charge in [-0.2, -0.15) is 13.2 Å². The number of nitrogens with one attached hydrogen (secondary N) is 1. The largest absolute Gasteiger partial charge is 0.417 e. The van der Waals surface area contributed by atoms with Crippen molar-refractivity contribution in [1.29, 1.82) is 0 Å². The van der Waals surface area contributed by atoms with Gasteiger partial charge in [0.2, 0.25) is 0 Å². The Hall–Kier alpha value is -0.790. The normalized spacial score (nSPS) is 13.5. The molecule has 0 amide bonds. The van der Waals surface area contributed by atoms with Gasteiger partial charge in [0, 0.05) is 18.0 Å². The molecule has 1 aromatic heterocycles. The van der Waals surface area contributed by atoms with Gasteiger partial charge in [-0.15, -0.1) is 11.8 Å². The zero-order chi connectivity index (χ0) is 14.3. The van der Waals surface area contributed by atoms with Crippen molar-refractivity contribution in [1.82, 2.24) is 10.3 Å². The maximum Gasteiger partial charge on any atom is 0.417 e. The number of thioether (sulfide) groups is 1. The Morgan fingerprint density at radius 1 is 1.42 bits per heavy atom. The van der Waals surface area contributed by atoms with E-state index in [1.54, 1.807) is 0 Å². The van der Waals surface area contributed by atoms with Crippen LogP contribution in [0.15, 0.2) is 23.4 Å². The highest BCUT2D eigenvalue weighted by atomic mass is 32.2. The summed E-state index contributed by atoms with van der Waals surface area (Å²) in [5, 5.41) is 12.8. The van der Waals surface area contributed by atoms with E-state index in [9.17, 15) is 13.2 Å². The average Bonchev–Trinajstić information content (AvgIpc) is 2.38. The van der Waals surface area contributed by atoms with Gasteiger partial charge in [0.25, 0.3) is 0 Å². The monoisotopic (exact) mass is 294 g/mol. The minimum absolute atomic E-state index is 0.00631. The fourth-order valence-electron chi connectivity index (χ4n) is 1.34. The lowest BCUT2D eigenvalue weighted by Crippen LogP contribution is -2.35. The molecule has 7 heteroatoms. The minimum Gasteiger partial charge on any atom is -0.395 e. The number of rotatable bonds is 7. The second-order valence-corrected chi connectivity index (χ2v) is 5.07. The Bertz CT molecular complexity index is 370. The van der Waals surface area contributed by atoms with Gasteiger partial charge in [-0.05, 0) is 25.1 Å². The van der Waals surface area contributed by atoms with E-state index < -0.39 is 11.7 Å². The van der Waals surface area contributed by atoms with Crippen molar-refractivity contribution in [3.8, 4) is 0 Å². The number of hydrogen-bond donors (Lipinski definition) is 2. The van der Waals surface area contributed by atoms with E-state index in [0.29, 0.717) is 10.8 Å². The number of nitrogens with zero attached hydrogens (tertiary/aromatic N) is 1. The summed E-state index contributed by atoms with van der Waals surface area (Å²) >= 11 is 1.32. The SMILES string of the molecule is CCCNC(CO)CSc1ccc(C(F)(F)F)cn1. The summed E-state index contributed by atoms with van der Waals surface area (Å²) in [7, 11) is 0. The molecule has 108 valence electrons. The van der Waals surface area contributed by atoms with E-state index in [4.69, 9.17) is 5.11 Å². The second-order valence-electron chi connectivity index (χ2n) is 4.03. The number of aliphatic hydroxyl groups is 1. The first-order valence-electron chi connectivity index (χ1n) is 5.97. The van der Waals surface area contributed by atoms with Crippen LogP contribution >= 0.6 is 11.8 Å². The van der Waals surface area contributed by atoms with Crippen LogP contribution < -0.4 is 5.32 Å². The Kier molecular flexibility index (Phi) is 6.60. The average molecular weight is 294 g/mol. The van der Waals surface area contributed by atoms with Crippen molar-refractivity contribution in [2.75, 3.05) is 18.9 Å². The molecule has 0 fully saturated rings. The smallest absolute Gasteiger partial charge is 0.395 e. The van der Waals surface area contributed by atoms with Gasteiger partial charge in [0.15, 0.2) is 0 Å². The molecule has 1 rings (SSSR count). The van der Waals surface area contributed by atoms with Crippen molar-refractivity contribution < 1.29 is 18.3 Å². The van der Waals surface area contributed by atoms with Crippen LogP contribution in [0, 0.1) is 0 Å². The highest BCUT2D eigenvalue weighted by Gasteiger charge is 2.30. The molecular weight excluding hydrogens is 277 g/mol. The molecule has 1 heterocycles. The number of aliphatic hydroxyl groups excluding tert-OH is 1. The third kappa shape index (κ3) is 5.80. The first-order chi connectivity index (χ1) is 8.97. The van der Waals surface area contributed by atoms with Crippen LogP contribution in [0.25, 0.3) is 0 Å². The van der Waals surface area contributed by atoms with E-state index >= 15 is 0 Å². The highest BCUT2D eigenvalue weighted by molar-refractivity contribution is 7.99. The Balaban J connectivity index is 2.49. The van der Waals surface area contributed by atoms with Gasteiger partial charge in [0.05, 0.1) is 17.2 Å². The van der Waals surface area contributed by atoms with Gasteiger partial charge in [-0.25, -0.2) is 4.98 Å². The molecule has 1 unspecified atom stereocenters. The Morgan fingerprint density at radius 2 is 2.16 bits per heavy atom. The number of aromatic nitrogens is 1. The topological polar surface area (TPSA) is 45.1 Å². The molecule has 1 aromatic rings. The summed E-state index contributed by atoms with van der Waals surface area (Å²) < 4.78 is 37.0. The van der Waals surface area contributed by atoms with E-state index in [0.717, 1.165) is 25.2 Å². The maximum atomic E-state index is 12.3. The summed E-state index contributed by atoms with van der Waals surface area (Å²) in [5.41, 5.74) is -0.750. The number of halogens is 3. The fraction of sp³-hybridized carbons (Fsp3) is 0.583. The lowest BCUT2D eigenvalue weighted by atomic mass is 10.3. The number of pyridine rings is 1. The predicted molar refractivity (Wildman–Crippen MR) is 69.1 cm³/mol. The zero-order valence-electron chi connectivity index (χ0n) is 10.6. The summed E-state index contributed by atoms with van der Waals surface area (Å²) in [6, 6.07) is 2.29. The summed E-state index contributed by atoms with van der Waals surface area (Å²) in [4.78, 5) is 3.77. The molecule has 0 radical (unpaired) electrons. The molecule has 0 aliphatic heterocycles. The van der Waals surface area contributed by atoms with Gasteiger partial charge in [0.1, 0.15) is 0 Å². The van der Waals surface area contributed by atoms with Crippen molar-refractivity contribution in [3.05, 3.63) is 23.9 Å². The van der Waals surface area contributed by atoms with Crippen LogP contribution in [0.1, 0.15) is 18.9 Å². The van der Waals surface area contributed by atoms with E-state index in [-0.39, 0.29) is 12.6 Å². The van der Waals surface area contributed by atoms with Crippen LogP contribution in [0.3, 0.4) is 0 Å². The molecule has 0 aliphatic carbocycles. The van der Waals surface area contributed by atoms with Crippen molar-refractivity contribution in [2.45, 2.75) is 30.6 Å².